The zero-order valence-electron chi connectivity index (χ0n) is 16.6. The van der Waals surface area contributed by atoms with Crippen LogP contribution in [-0.2, 0) is 17.6 Å². The Hall–Kier alpha value is -3.21. The third-order valence-electron chi connectivity index (χ3n) is 5.37. The summed E-state index contributed by atoms with van der Waals surface area (Å²) < 4.78 is 5.47. The molecule has 1 saturated heterocycles. The highest BCUT2D eigenvalue weighted by Crippen LogP contribution is 2.32. The van der Waals surface area contributed by atoms with Gasteiger partial charge >= 0.3 is 0 Å². The molecule has 4 rings (SSSR count). The second kappa shape index (κ2) is 8.86. The van der Waals surface area contributed by atoms with Gasteiger partial charge in [0.15, 0.2) is 0 Å². The molecule has 0 saturated carbocycles. The maximum atomic E-state index is 12.9. The number of benzene rings is 1. The number of ether oxygens (including phenoxy) is 1. The van der Waals surface area contributed by atoms with Gasteiger partial charge in [-0.15, -0.1) is 0 Å². The number of hydrogen-bond acceptors (Lipinski definition) is 4. The summed E-state index contributed by atoms with van der Waals surface area (Å²) >= 11 is 0. The molecule has 3 heterocycles. The van der Waals surface area contributed by atoms with Gasteiger partial charge in [0.05, 0.1) is 25.3 Å². The Morgan fingerprint density at radius 3 is 2.72 bits per heavy atom. The summed E-state index contributed by atoms with van der Waals surface area (Å²) in [6.45, 7) is 0.773. The van der Waals surface area contributed by atoms with Crippen LogP contribution in [0.2, 0.25) is 0 Å². The molecular formula is C24H25N3O2. The van der Waals surface area contributed by atoms with Crippen molar-refractivity contribution >= 4 is 5.91 Å². The number of carbonyl (C=O) groups is 1. The predicted octanol–water partition coefficient (Wildman–Crippen LogP) is 3.98. The van der Waals surface area contributed by atoms with E-state index < -0.39 is 0 Å². The Morgan fingerprint density at radius 1 is 1.07 bits per heavy atom. The molecule has 0 aliphatic carbocycles. The second-order valence-corrected chi connectivity index (χ2v) is 7.29. The van der Waals surface area contributed by atoms with Crippen molar-refractivity contribution in [1.82, 2.24) is 14.9 Å². The molecule has 29 heavy (non-hydrogen) atoms. The highest BCUT2D eigenvalue weighted by molar-refractivity contribution is 5.79. The summed E-state index contributed by atoms with van der Waals surface area (Å²) in [5.74, 6) is 0.982. The molecule has 1 aliphatic rings. The van der Waals surface area contributed by atoms with Crippen LogP contribution in [0.3, 0.4) is 0 Å². The molecule has 5 heteroatoms. The molecule has 1 atom stereocenters. The number of nitrogens with zero attached hydrogens (tertiary/aromatic N) is 3. The second-order valence-electron chi connectivity index (χ2n) is 7.29. The third kappa shape index (κ3) is 4.45. The number of para-hydroxylation sites is 1. The van der Waals surface area contributed by atoms with Gasteiger partial charge in [0.1, 0.15) is 5.75 Å². The first-order valence-electron chi connectivity index (χ1n) is 10.0. The molecule has 1 aromatic carbocycles. The average Bonchev–Trinajstić information content (AvgIpc) is 3.25. The van der Waals surface area contributed by atoms with E-state index >= 15 is 0 Å². The van der Waals surface area contributed by atoms with E-state index in [-0.39, 0.29) is 11.9 Å². The standard InChI is InChI=1S/C24H25N3O2/c1-29-23-13-3-2-8-18(23)16-20-10-6-11-21(26-20)22-12-7-15-27(22)24(28)17-19-9-4-5-14-25-19/h2-6,8-11,13-14,22H,7,12,15-17H2,1H3/t22-/m1/s1. The number of likely N-dealkylation sites (tertiary alicyclic amines) is 1. The lowest BCUT2D eigenvalue weighted by molar-refractivity contribution is -0.131. The minimum absolute atomic E-state index is 0.0313. The van der Waals surface area contributed by atoms with E-state index in [2.05, 4.69) is 11.1 Å². The number of aromatic nitrogens is 2. The van der Waals surface area contributed by atoms with Crippen LogP contribution >= 0.6 is 0 Å². The monoisotopic (exact) mass is 387 g/mol. The first kappa shape index (κ1) is 19.1. The van der Waals surface area contributed by atoms with Gasteiger partial charge in [0.25, 0.3) is 0 Å². The van der Waals surface area contributed by atoms with Gasteiger partial charge in [-0.05, 0) is 43.2 Å². The number of carbonyl (C=O) groups excluding carboxylic acids is 1. The summed E-state index contributed by atoms with van der Waals surface area (Å²) in [6, 6.07) is 19.8. The lowest BCUT2D eigenvalue weighted by Gasteiger charge is -2.24. The van der Waals surface area contributed by atoms with Gasteiger partial charge in [0.2, 0.25) is 5.91 Å². The van der Waals surface area contributed by atoms with Crippen LogP contribution in [-0.4, -0.2) is 34.4 Å². The van der Waals surface area contributed by atoms with Gasteiger partial charge in [0, 0.05) is 36.1 Å². The van der Waals surface area contributed by atoms with Crippen LogP contribution in [0.1, 0.15) is 41.5 Å². The van der Waals surface area contributed by atoms with E-state index in [1.54, 1.807) is 13.3 Å². The largest absolute Gasteiger partial charge is 0.496 e. The van der Waals surface area contributed by atoms with E-state index in [0.29, 0.717) is 12.8 Å². The smallest absolute Gasteiger partial charge is 0.229 e. The van der Waals surface area contributed by atoms with Crippen molar-refractivity contribution in [1.29, 1.82) is 0 Å². The molecule has 3 aromatic rings. The fourth-order valence-corrected chi connectivity index (χ4v) is 3.96. The zero-order valence-corrected chi connectivity index (χ0v) is 16.6. The van der Waals surface area contributed by atoms with Crippen molar-refractivity contribution in [2.24, 2.45) is 0 Å². The lowest BCUT2D eigenvalue weighted by atomic mass is 10.1. The zero-order chi connectivity index (χ0) is 20.1. The Labute approximate surface area is 171 Å². The molecule has 0 bridgehead atoms. The van der Waals surface area contributed by atoms with Crippen molar-refractivity contribution in [3.05, 3.63) is 89.5 Å². The fourth-order valence-electron chi connectivity index (χ4n) is 3.96. The van der Waals surface area contributed by atoms with Gasteiger partial charge in [-0.25, -0.2) is 0 Å². The van der Waals surface area contributed by atoms with Crippen LogP contribution in [0.4, 0.5) is 0 Å². The first-order valence-corrected chi connectivity index (χ1v) is 10.0. The van der Waals surface area contributed by atoms with Crippen molar-refractivity contribution in [3.63, 3.8) is 0 Å². The SMILES string of the molecule is COc1ccccc1Cc1cccc([C@H]2CCCN2C(=O)Cc2ccccn2)n1. The summed E-state index contributed by atoms with van der Waals surface area (Å²) in [4.78, 5) is 24.1. The molecule has 0 spiro atoms. The molecule has 0 radical (unpaired) electrons. The number of methoxy groups -OCH3 is 1. The maximum absolute atomic E-state index is 12.9. The van der Waals surface area contributed by atoms with Crippen LogP contribution in [0.15, 0.2) is 66.9 Å². The minimum atomic E-state index is 0.0313. The molecule has 2 aromatic heterocycles. The van der Waals surface area contributed by atoms with E-state index in [4.69, 9.17) is 9.72 Å². The Bertz CT molecular complexity index is 975. The fraction of sp³-hybridized carbons (Fsp3) is 0.292. The van der Waals surface area contributed by atoms with Gasteiger partial charge in [-0.1, -0.05) is 30.3 Å². The Balaban J connectivity index is 1.51. The van der Waals surface area contributed by atoms with Crippen molar-refractivity contribution in [3.8, 4) is 5.75 Å². The summed E-state index contributed by atoms with van der Waals surface area (Å²) in [5, 5.41) is 0. The van der Waals surface area contributed by atoms with E-state index in [1.165, 1.54) is 0 Å². The van der Waals surface area contributed by atoms with Gasteiger partial charge < -0.3 is 9.64 Å². The summed E-state index contributed by atoms with van der Waals surface area (Å²) in [6.07, 6.45) is 4.70. The van der Waals surface area contributed by atoms with Crippen LogP contribution in [0.25, 0.3) is 0 Å². The molecule has 5 nitrogen and oxygen atoms in total. The Morgan fingerprint density at radius 2 is 1.90 bits per heavy atom. The van der Waals surface area contributed by atoms with Gasteiger partial charge in [-0.3, -0.25) is 14.8 Å². The molecule has 148 valence electrons. The van der Waals surface area contributed by atoms with Crippen molar-refractivity contribution in [2.45, 2.75) is 31.7 Å². The molecule has 1 aliphatic heterocycles. The van der Waals surface area contributed by atoms with Crippen LogP contribution < -0.4 is 4.74 Å². The third-order valence-corrected chi connectivity index (χ3v) is 5.37. The van der Waals surface area contributed by atoms with E-state index in [9.17, 15) is 4.79 Å². The average molecular weight is 387 g/mol. The van der Waals surface area contributed by atoms with Crippen LogP contribution in [0, 0.1) is 0 Å². The predicted molar refractivity (Wildman–Crippen MR) is 112 cm³/mol. The van der Waals surface area contributed by atoms with Crippen LogP contribution in [0.5, 0.6) is 5.75 Å². The Kier molecular flexibility index (Phi) is 5.84. The lowest BCUT2D eigenvalue weighted by Crippen LogP contribution is -2.32. The molecule has 0 unspecified atom stereocenters. The van der Waals surface area contributed by atoms with E-state index in [1.807, 2.05) is 59.5 Å². The maximum Gasteiger partial charge on any atom is 0.229 e. The molecule has 1 amide bonds. The summed E-state index contributed by atoms with van der Waals surface area (Å²) in [5.41, 5.74) is 3.86. The van der Waals surface area contributed by atoms with E-state index in [0.717, 1.165) is 47.8 Å². The molecule has 1 fully saturated rings. The summed E-state index contributed by atoms with van der Waals surface area (Å²) in [7, 11) is 1.69. The van der Waals surface area contributed by atoms with Crippen molar-refractivity contribution < 1.29 is 9.53 Å². The quantitative estimate of drug-likeness (QED) is 0.642. The van der Waals surface area contributed by atoms with Crippen molar-refractivity contribution in [2.75, 3.05) is 13.7 Å². The number of amides is 1. The first-order chi connectivity index (χ1) is 14.2. The highest BCUT2D eigenvalue weighted by Gasteiger charge is 2.31. The topological polar surface area (TPSA) is 55.3 Å². The van der Waals surface area contributed by atoms with Gasteiger partial charge in [-0.2, -0.15) is 0 Å². The number of pyridine rings is 2. The molecule has 0 N–H and O–H groups in total. The minimum Gasteiger partial charge on any atom is -0.496 e. The highest BCUT2D eigenvalue weighted by atomic mass is 16.5. The molecular weight excluding hydrogens is 362 g/mol. The number of hydrogen-bond donors (Lipinski definition) is 0. The number of rotatable bonds is 6. The normalized spacial score (nSPS) is 16.0.